The summed E-state index contributed by atoms with van der Waals surface area (Å²) in [7, 11) is 0. The normalized spacial score (nSPS) is 12.3. The lowest BCUT2D eigenvalue weighted by atomic mass is 10.1. The molecule has 8 nitrogen and oxygen atoms in total. The van der Waals surface area contributed by atoms with Crippen molar-refractivity contribution in [2.45, 2.75) is 17.3 Å². The molecule has 2 aromatic heterocycles. The largest absolute Gasteiger partial charge is 0.454 e. The quantitative estimate of drug-likeness (QED) is 0.365. The predicted molar refractivity (Wildman–Crippen MR) is 111 cm³/mol. The summed E-state index contributed by atoms with van der Waals surface area (Å²) in [4.78, 5) is 21.1. The number of thioether (sulfide) groups is 1. The van der Waals surface area contributed by atoms with Gasteiger partial charge in [-0.25, -0.2) is 9.97 Å². The Bertz CT molecular complexity index is 1230. The van der Waals surface area contributed by atoms with Crippen LogP contribution in [0.25, 0.3) is 11.0 Å². The van der Waals surface area contributed by atoms with Crippen LogP contribution in [0.3, 0.4) is 0 Å². The Labute approximate surface area is 176 Å². The van der Waals surface area contributed by atoms with Crippen LogP contribution < -0.4 is 14.8 Å². The predicted octanol–water partition coefficient (Wildman–Crippen LogP) is 3.30. The van der Waals surface area contributed by atoms with E-state index in [0.717, 1.165) is 27.3 Å². The fraction of sp³-hybridized carbons (Fsp3) is 0.143. The number of ether oxygens (including phenoxy) is 2. The topological polar surface area (TPSA) is 102 Å². The molecule has 0 fully saturated rings. The second kappa shape index (κ2) is 8.03. The molecule has 2 aromatic carbocycles. The van der Waals surface area contributed by atoms with Crippen molar-refractivity contribution in [2.24, 2.45) is 0 Å². The zero-order chi connectivity index (χ0) is 20.3. The molecule has 3 heterocycles. The Hall–Kier alpha value is -3.59. The number of carbonyl (C=O) groups is 1. The van der Waals surface area contributed by atoms with E-state index in [0.29, 0.717) is 29.3 Å². The molecule has 0 bridgehead atoms. The van der Waals surface area contributed by atoms with Crippen molar-refractivity contribution in [1.29, 1.82) is 0 Å². The molecular weight excluding hydrogens is 402 g/mol. The molecule has 0 radical (unpaired) electrons. The van der Waals surface area contributed by atoms with Crippen LogP contribution in [0.1, 0.15) is 21.5 Å². The van der Waals surface area contributed by atoms with Gasteiger partial charge in [0.05, 0.1) is 11.6 Å². The van der Waals surface area contributed by atoms with E-state index < -0.39 is 0 Å². The first kappa shape index (κ1) is 18.4. The summed E-state index contributed by atoms with van der Waals surface area (Å²) in [5.74, 6) is 1.99. The Morgan fingerprint density at radius 2 is 2.03 bits per heavy atom. The molecule has 0 aliphatic carbocycles. The number of carbonyl (C=O) groups excluding carboxylic acids is 1. The van der Waals surface area contributed by atoms with Crippen molar-refractivity contribution in [3.63, 3.8) is 0 Å². The van der Waals surface area contributed by atoms with Gasteiger partial charge in [-0.3, -0.25) is 9.89 Å². The van der Waals surface area contributed by atoms with E-state index >= 15 is 0 Å². The average Bonchev–Trinajstić information content (AvgIpc) is 3.45. The molecule has 0 spiro atoms. The zero-order valence-corrected chi connectivity index (χ0v) is 16.6. The molecule has 1 aliphatic rings. The van der Waals surface area contributed by atoms with Crippen LogP contribution in [-0.4, -0.2) is 32.9 Å². The summed E-state index contributed by atoms with van der Waals surface area (Å²) in [5.41, 5.74) is 3.31. The van der Waals surface area contributed by atoms with Crippen LogP contribution in [0.4, 0.5) is 0 Å². The summed E-state index contributed by atoms with van der Waals surface area (Å²) in [6.45, 7) is 0.644. The number of aromatic amines is 1. The highest BCUT2D eigenvalue weighted by Crippen LogP contribution is 2.32. The van der Waals surface area contributed by atoms with Crippen LogP contribution >= 0.6 is 11.8 Å². The van der Waals surface area contributed by atoms with E-state index in [9.17, 15) is 4.79 Å². The third-order valence-corrected chi connectivity index (χ3v) is 5.74. The minimum atomic E-state index is -0.126. The zero-order valence-electron chi connectivity index (χ0n) is 15.8. The van der Waals surface area contributed by atoms with E-state index in [2.05, 4.69) is 25.5 Å². The number of rotatable bonds is 6. The lowest BCUT2D eigenvalue weighted by Crippen LogP contribution is -2.22. The molecule has 1 aliphatic heterocycles. The number of nitrogens with zero attached hydrogens (tertiary/aromatic N) is 3. The van der Waals surface area contributed by atoms with Gasteiger partial charge < -0.3 is 14.8 Å². The molecule has 1 amide bonds. The van der Waals surface area contributed by atoms with Crippen molar-refractivity contribution < 1.29 is 14.3 Å². The van der Waals surface area contributed by atoms with Crippen LogP contribution in [-0.2, 0) is 12.3 Å². The average molecular weight is 419 g/mol. The van der Waals surface area contributed by atoms with Crippen molar-refractivity contribution in [2.75, 3.05) is 6.79 Å². The minimum Gasteiger partial charge on any atom is -0.454 e. The number of nitrogens with one attached hydrogen (secondary N) is 2. The number of aromatic nitrogens is 4. The highest BCUT2D eigenvalue weighted by atomic mass is 32.2. The van der Waals surface area contributed by atoms with Gasteiger partial charge in [-0.15, -0.1) is 11.8 Å². The first-order valence-corrected chi connectivity index (χ1v) is 10.3. The van der Waals surface area contributed by atoms with E-state index in [1.165, 1.54) is 6.33 Å². The fourth-order valence-electron chi connectivity index (χ4n) is 3.15. The second-order valence-electron chi connectivity index (χ2n) is 6.67. The molecule has 4 aromatic rings. The molecule has 30 heavy (non-hydrogen) atoms. The Kier molecular flexibility index (Phi) is 4.94. The number of H-pyrrole nitrogens is 1. The van der Waals surface area contributed by atoms with E-state index in [-0.39, 0.29) is 12.7 Å². The van der Waals surface area contributed by atoms with Crippen LogP contribution in [0.5, 0.6) is 11.5 Å². The molecular formula is C21H17N5O3S. The standard InChI is InChI=1S/C21H17N5O3S/c27-20(22-8-13-4-5-17-18(7-13)29-12-28-17)15-3-1-2-14(6-15)10-30-21-16-9-25-26-19(16)23-11-24-21/h1-7,9,11H,8,10,12H2,(H,22,27)(H,23,24,25,26). The lowest BCUT2D eigenvalue weighted by Gasteiger charge is -2.08. The third kappa shape index (κ3) is 3.79. The molecule has 2 N–H and O–H groups in total. The highest BCUT2D eigenvalue weighted by molar-refractivity contribution is 7.98. The maximum atomic E-state index is 12.6. The Balaban J connectivity index is 1.23. The molecule has 0 saturated carbocycles. The number of hydrogen-bond acceptors (Lipinski definition) is 7. The van der Waals surface area contributed by atoms with Crippen LogP contribution in [0, 0.1) is 0 Å². The highest BCUT2D eigenvalue weighted by Gasteiger charge is 2.14. The number of hydrogen-bond donors (Lipinski definition) is 2. The van der Waals surface area contributed by atoms with Gasteiger partial charge in [0, 0.05) is 17.9 Å². The third-order valence-electron chi connectivity index (χ3n) is 4.67. The van der Waals surface area contributed by atoms with Gasteiger partial charge in [-0.1, -0.05) is 18.2 Å². The van der Waals surface area contributed by atoms with E-state index in [4.69, 9.17) is 9.47 Å². The first-order chi connectivity index (χ1) is 14.8. The first-order valence-electron chi connectivity index (χ1n) is 9.29. The van der Waals surface area contributed by atoms with Gasteiger partial charge in [-0.2, -0.15) is 5.10 Å². The van der Waals surface area contributed by atoms with Crippen molar-refractivity contribution in [3.8, 4) is 11.5 Å². The van der Waals surface area contributed by atoms with E-state index in [1.807, 2.05) is 42.5 Å². The maximum absolute atomic E-state index is 12.6. The molecule has 0 saturated heterocycles. The summed E-state index contributed by atoms with van der Waals surface area (Å²) in [6, 6.07) is 13.2. The van der Waals surface area contributed by atoms with Crippen LogP contribution in [0.15, 0.2) is 60.0 Å². The van der Waals surface area contributed by atoms with Crippen molar-refractivity contribution >= 4 is 28.7 Å². The van der Waals surface area contributed by atoms with Gasteiger partial charge >= 0.3 is 0 Å². The smallest absolute Gasteiger partial charge is 0.251 e. The van der Waals surface area contributed by atoms with Gasteiger partial charge in [0.1, 0.15) is 11.4 Å². The summed E-state index contributed by atoms with van der Waals surface area (Å²) in [5, 5.41) is 11.5. The number of amides is 1. The Morgan fingerprint density at radius 1 is 1.10 bits per heavy atom. The Morgan fingerprint density at radius 3 is 3.00 bits per heavy atom. The lowest BCUT2D eigenvalue weighted by molar-refractivity contribution is 0.0950. The van der Waals surface area contributed by atoms with Crippen molar-refractivity contribution in [3.05, 3.63) is 71.7 Å². The second-order valence-corrected chi connectivity index (χ2v) is 7.63. The van der Waals surface area contributed by atoms with Gasteiger partial charge in [0.2, 0.25) is 6.79 Å². The summed E-state index contributed by atoms with van der Waals surface area (Å²) < 4.78 is 10.7. The van der Waals surface area contributed by atoms with Crippen molar-refractivity contribution in [1.82, 2.24) is 25.5 Å². The van der Waals surface area contributed by atoms with Gasteiger partial charge in [0.15, 0.2) is 17.1 Å². The SMILES string of the molecule is O=C(NCc1ccc2c(c1)OCO2)c1cccc(CSc2ncnc3[nH]ncc23)c1. The molecule has 0 atom stereocenters. The summed E-state index contributed by atoms with van der Waals surface area (Å²) in [6.07, 6.45) is 3.24. The molecule has 0 unspecified atom stereocenters. The molecule has 5 rings (SSSR count). The van der Waals surface area contributed by atoms with E-state index in [1.54, 1.807) is 18.0 Å². The molecule has 150 valence electrons. The summed E-state index contributed by atoms with van der Waals surface area (Å²) >= 11 is 1.58. The van der Waals surface area contributed by atoms with Gasteiger partial charge in [0.25, 0.3) is 5.91 Å². The number of benzene rings is 2. The minimum absolute atomic E-state index is 0.126. The maximum Gasteiger partial charge on any atom is 0.251 e. The molecule has 9 heteroatoms. The monoisotopic (exact) mass is 419 g/mol. The fourth-order valence-corrected chi connectivity index (χ4v) is 4.06. The van der Waals surface area contributed by atoms with Gasteiger partial charge in [-0.05, 0) is 35.4 Å². The van der Waals surface area contributed by atoms with Crippen LogP contribution in [0.2, 0.25) is 0 Å². The number of fused-ring (bicyclic) bond motifs is 2.